The number of nitrogens with zero attached hydrogens (tertiary/aromatic N) is 5. The number of aromatic nitrogens is 3. The summed E-state index contributed by atoms with van der Waals surface area (Å²) in [6.45, 7) is 8.99. The zero-order valence-corrected chi connectivity index (χ0v) is 17.0. The van der Waals surface area contributed by atoms with E-state index in [1.54, 1.807) is 0 Å². The van der Waals surface area contributed by atoms with Crippen molar-refractivity contribution in [1.29, 1.82) is 0 Å². The van der Waals surface area contributed by atoms with Gasteiger partial charge in [-0.05, 0) is 46.0 Å². The summed E-state index contributed by atoms with van der Waals surface area (Å²) in [5.74, 6) is 2.74. The van der Waals surface area contributed by atoms with Crippen LogP contribution in [0.4, 0.5) is 0 Å². The van der Waals surface area contributed by atoms with Crippen LogP contribution in [0.2, 0.25) is 0 Å². The standard InChI is InChI=1S/C19H34N6O2/c1-4-20-19(21-13-18-23-22-15(2)24(18)3)25-10-8-16(9-11-25)27-14-17-7-5-6-12-26-17/h16-17H,4-14H2,1-3H3,(H,20,21). The number of hydrogen-bond acceptors (Lipinski definition) is 5. The summed E-state index contributed by atoms with van der Waals surface area (Å²) in [5, 5.41) is 11.7. The van der Waals surface area contributed by atoms with Crippen molar-refractivity contribution in [3.63, 3.8) is 0 Å². The highest BCUT2D eigenvalue weighted by atomic mass is 16.5. The molecule has 2 aliphatic rings. The van der Waals surface area contributed by atoms with Gasteiger partial charge in [0.25, 0.3) is 0 Å². The molecular weight excluding hydrogens is 344 g/mol. The maximum Gasteiger partial charge on any atom is 0.194 e. The molecule has 1 atom stereocenters. The lowest BCUT2D eigenvalue weighted by Gasteiger charge is -2.35. The maximum atomic E-state index is 6.12. The second-order valence-corrected chi connectivity index (χ2v) is 7.40. The number of nitrogens with one attached hydrogen (secondary N) is 1. The van der Waals surface area contributed by atoms with Crippen LogP contribution >= 0.6 is 0 Å². The summed E-state index contributed by atoms with van der Waals surface area (Å²) in [5.41, 5.74) is 0. The predicted molar refractivity (Wildman–Crippen MR) is 105 cm³/mol. The van der Waals surface area contributed by atoms with Crippen molar-refractivity contribution in [2.45, 2.75) is 64.7 Å². The molecular formula is C19H34N6O2. The molecule has 1 aromatic heterocycles. The molecule has 152 valence electrons. The first-order chi connectivity index (χ1) is 13.2. The van der Waals surface area contributed by atoms with Crippen molar-refractivity contribution in [2.75, 3.05) is 32.8 Å². The van der Waals surface area contributed by atoms with Gasteiger partial charge in [-0.15, -0.1) is 10.2 Å². The lowest BCUT2D eigenvalue weighted by atomic mass is 10.1. The fourth-order valence-electron chi connectivity index (χ4n) is 3.58. The van der Waals surface area contributed by atoms with Crippen LogP contribution in [-0.2, 0) is 23.1 Å². The molecule has 27 heavy (non-hydrogen) atoms. The number of aryl methyl sites for hydroxylation is 1. The van der Waals surface area contributed by atoms with E-state index >= 15 is 0 Å². The topological polar surface area (TPSA) is 76.8 Å². The van der Waals surface area contributed by atoms with E-state index in [0.717, 1.165) is 69.7 Å². The lowest BCUT2D eigenvalue weighted by molar-refractivity contribution is -0.0721. The zero-order valence-electron chi connectivity index (χ0n) is 17.0. The normalized spacial score (nSPS) is 22.3. The third-order valence-corrected chi connectivity index (χ3v) is 5.42. The van der Waals surface area contributed by atoms with Gasteiger partial charge in [0.15, 0.2) is 11.8 Å². The maximum absolute atomic E-state index is 6.12. The molecule has 8 heteroatoms. The molecule has 0 amide bonds. The van der Waals surface area contributed by atoms with Crippen LogP contribution in [0.5, 0.6) is 0 Å². The molecule has 1 aromatic rings. The molecule has 0 bridgehead atoms. The van der Waals surface area contributed by atoms with Gasteiger partial charge in [-0.1, -0.05) is 0 Å². The van der Waals surface area contributed by atoms with Gasteiger partial charge in [-0.2, -0.15) is 0 Å². The van der Waals surface area contributed by atoms with Crippen molar-refractivity contribution in [3.8, 4) is 0 Å². The SMILES string of the molecule is CCNC(=NCc1nnc(C)n1C)N1CCC(OCC2CCCCO2)CC1. The first-order valence-corrected chi connectivity index (χ1v) is 10.3. The Morgan fingerprint density at radius 1 is 1.26 bits per heavy atom. The number of aliphatic imine (C=N–C) groups is 1. The highest BCUT2D eigenvalue weighted by molar-refractivity contribution is 5.80. The summed E-state index contributed by atoms with van der Waals surface area (Å²) in [6, 6.07) is 0. The van der Waals surface area contributed by atoms with Gasteiger partial charge in [0.05, 0.1) is 18.8 Å². The van der Waals surface area contributed by atoms with Gasteiger partial charge in [0, 0.05) is 33.3 Å². The molecule has 0 radical (unpaired) electrons. The Labute approximate surface area is 162 Å². The average Bonchev–Trinajstić information content (AvgIpc) is 3.03. The smallest absolute Gasteiger partial charge is 0.194 e. The largest absolute Gasteiger partial charge is 0.376 e. The first kappa shape index (κ1) is 20.1. The summed E-state index contributed by atoms with van der Waals surface area (Å²) >= 11 is 0. The van der Waals surface area contributed by atoms with E-state index < -0.39 is 0 Å². The van der Waals surface area contributed by atoms with Gasteiger partial charge >= 0.3 is 0 Å². The molecule has 0 aromatic carbocycles. The number of ether oxygens (including phenoxy) is 2. The van der Waals surface area contributed by atoms with Crippen molar-refractivity contribution in [1.82, 2.24) is 25.0 Å². The van der Waals surface area contributed by atoms with Gasteiger partial charge in [-0.3, -0.25) is 0 Å². The van der Waals surface area contributed by atoms with Gasteiger partial charge in [-0.25, -0.2) is 4.99 Å². The molecule has 0 spiro atoms. The van der Waals surface area contributed by atoms with Crippen molar-refractivity contribution in [2.24, 2.45) is 12.0 Å². The molecule has 8 nitrogen and oxygen atoms in total. The van der Waals surface area contributed by atoms with Crippen molar-refractivity contribution >= 4 is 5.96 Å². The second-order valence-electron chi connectivity index (χ2n) is 7.40. The third-order valence-electron chi connectivity index (χ3n) is 5.42. The van der Waals surface area contributed by atoms with Gasteiger partial charge in [0.2, 0.25) is 0 Å². The Morgan fingerprint density at radius 3 is 2.70 bits per heavy atom. The minimum absolute atomic E-state index is 0.297. The third kappa shape index (κ3) is 5.65. The molecule has 1 unspecified atom stereocenters. The zero-order chi connectivity index (χ0) is 19.1. The fourth-order valence-corrected chi connectivity index (χ4v) is 3.58. The lowest BCUT2D eigenvalue weighted by Crippen LogP contribution is -2.47. The number of piperidine rings is 1. The fraction of sp³-hybridized carbons (Fsp3) is 0.842. The van der Waals surface area contributed by atoms with Crippen LogP contribution in [0.15, 0.2) is 4.99 Å². The van der Waals surface area contributed by atoms with Crippen molar-refractivity contribution in [3.05, 3.63) is 11.6 Å². The molecule has 1 N–H and O–H groups in total. The van der Waals surface area contributed by atoms with E-state index in [0.29, 0.717) is 18.8 Å². The Hall–Kier alpha value is -1.67. The summed E-state index contributed by atoms with van der Waals surface area (Å²) < 4.78 is 13.9. The summed E-state index contributed by atoms with van der Waals surface area (Å²) in [6.07, 6.45) is 6.27. The van der Waals surface area contributed by atoms with E-state index in [2.05, 4.69) is 27.3 Å². The Bertz CT molecular complexity index is 603. The summed E-state index contributed by atoms with van der Waals surface area (Å²) in [7, 11) is 1.98. The molecule has 3 rings (SSSR count). The molecule has 3 heterocycles. The minimum Gasteiger partial charge on any atom is -0.376 e. The number of guanidine groups is 1. The van der Waals surface area contributed by atoms with Crippen LogP contribution in [0.25, 0.3) is 0 Å². The van der Waals surface area contributed by atoms with E-state index in [-0.39, 0.29) is 0 Å². The summed E-state index contributed by atoms with van der Waals surface area (Å²) in [4.78, 5) is 7.10. The van der Waals surface area contributed by atoms with Crippen LogP contribution in [0.1, 0.15) is 50.7 Å². The molecule has 0 saturated carbocycles. The molecule has 2 aliphatic heterocycles. The van der Waals surface area contributed by atoms with Crippen molar-refractivity contribution < 1.29 is 9.47 Å². The monoisotopic (exact) mass is 378 g/mol. The van der Waals surface area contributed by atoms with E-state index in [9.17, 15) is 0 Å². The van der Waals surface area contributed by atoms with E-state index in [4.69, 9.17) is 14.5 Å². The number of likely N-dealkylation sites (tertiary alicyclic amines) is 1. The Kier molecular flexibility index (Phi) is 7.46. The Morgan fingerprint density at radius 2 is 2.07 bits per heavy atom. The number of hydrogen-bond donors (Lipinski definition) is 1. The Balaban J connectivity index is 1.47. The molecule has 2 saturated heterocycles. The molecule has 2 fully saturated rings. The average molecular weight is 379 g/mol. The first-order valence-electron chi connectivity index (χ1n) is 10.3. The highest BCUT2D eigenvalue weighted by Gasteiger charge is 2.24. The number of rotatable bonds is 6. The second kappa shape index (κ2) is 10.0. The van der Waals surface area contributed by atoms with E-state index in [1.165, 1.54) is 12.8 Å². The van der Waals surface area contributed by atoms with Crippen LogP contribution in [0.3, 0.4) is 0 Å². The van der Waals surface area contributed by atoms with Crippen LogP contribution in [0, 0.1) is 6.92 Å². The van der Waals surface area contributed by atoms with Crippen LogP contribution in [-0.4, -0.2) is 70.7 Å². The quantitative estimate of drug-likeness (QED) is 0.599. The molecule has 0 aliphatic carbocycles. The van der Waals surface area contributed by atoms with E-state index in [1.807, 2.05) is 18.5 Å². The van der Waals surface area contributed by atoms with Gasteiger partial charge in [0.1, 0.15) is 12.4 Å². The highest BCUT2D eigenvalue weighted by Crippen LogP contribution is 2.18. The predicted octanol–water partition coefficient (Wildman–Crippen LogP) is 1.64. The minimum atomic E-state index is 0.297. The van der Waals surface area contributed by atoms with Crippen LogP contribution < -0.4 is 5.32 Å². The van der Waals surface area contributed by atoms with Gasteiger partial charge < -0.3 is 24.3 Å².